The van der Waals surface area contributed by atoms with Gasteiger partial charge in [-0.1, -0.05) is 47.7 Å². The molecule has 122 valence electrons. The molecule has 0 aliphatic carbocycles. The molecule has 1 unspecified atom stereocenters. The minimum absolute atomic E-state index is 0.218. The number of amides is 1. The van der Waals surface area contributed by atoms with Crippen LogP contribution in [0.2, 0.25) is 0 Å². The van der Waals surface area contributed by atoms with Crippen molar-refractivity contribution in [3.63, 3.8) is 0 Å². The summed E-state index contributed by atoms with van der Waals surface area (Å²) in [5.41, 5.74) is 1.62. The lowest BCUT2D eigenvalue weighted by atomic mass is 9.97. The fourth-order valence-corrected chi connectivity index (χ4v) is 2.44. The van der Waals surface area contributed by atoms with Gasteiger partial charge in [-0.25, -0.2) is 0 Å². The van der Waals surface area contributed by atoms with Crippen LogP contribution in [0, 0.1) is 0 Å². The lowest BCUT2D eigenvalue weighted by Crippen LogP contribution is -2.24. The van der Waals surface area contributed by atoms with Crippen LogP contribution in [-0.2, 0) is 11.2 Å². The first-order valence-corrected chi connectivity index (χ1v) is 7.49. The number of rotatable bonds is 6. The first-order chi connectivity index (χ1) is 11.8. The zero-order valence-electron chi connectivity index (χ0n) is 13.1. The third kappa shape index (κ3) is 3.57. The second-order valence-electron chi connectivity index (χ2n) is 5.20. The number of nitrogens with one attached hydrogen (secondary N) is 2. The Labute approximate surface area is 139 Å². The predicted octanol–water partition coefficient (Wildman–Crippen LogP) is 2.17. The average Bonchev–Trinajstić information content (AvgIpc) is 3.15. The highest BCUT2D eigenvalue weighted by molar-refractivity contribution is 5.96. The molecule has 0 aliphatic rings. The number of carbonyl (C=O) groups is 1. The molecule has 0 saturated carbocycles. The number of nitrogens with zero attached hydrogens (tertiary/aromatic N) is 3. The van der Waals surface area contributed by atoms with Crippen molar-refractivity contribution in [3.8, 4) is 5.75 Å². The van der Waals surface area contributed by atoms with E-state index in [-0.39, 0.29) is 5.91 Å². The maximum atomic E-state index is 12.8. The van der Waals surface area contributed by atoms with E-state index in [9.17, 15) is 4.79 Å². The first-order valence-electron chi connectivity index (χ1n) is 7.49. The maximum absolute atomic E-state index is 12.8. The summed E-state index contributed by atoms with van der Waals surface area (Å²) in [4.78, 5) is 12.8. The van der Waals surface area contributed by atoms with Crippen molar-refractivity contribution in [2.24, 2.45) is 0 Å². The Hall–Kier alpha value is -3.22. The largest absolute Gasteiger partial charge is 0.495 e. The number of tetrazole rings is 1. The Morgan fingerprint density at radius 2 is 1.92 bits per heavy atom. The summed E-state index contributed by atoms with van der Waals surface area (Å²) in [6.07, 6.45) is 0.474. The van der Waals surface area contributed by atoms with E-state index in [1.54, 1.807) is 19.2 Å². The van der Waals surface area contributed by atoms with Gasteiger partial charge in [0.25, 0.3) is 0 Å². The van der Waals surface area contributed by atoms with E-state index in [4.69, 9.17) is 4.74 Å². The van der Waals surface area contributed by atoms with Gasteiger partial charge in [-0.15, -0.1) is 10.2 Å². The number of aromatic amines is 1. The van der Waals surface area contributed by atoms with Crippen molar-refractivity contribution in [1.29, 1.82) is 0 Å². The van der Waals surface area contributed by atoms with Gasteiger partial charge >= 0.3 is 0 Å². The standard InChI is InChI=1S/C17H17N5O2/c1-24-15-10-6-5-9-14(15)18-17(23)13(16-19-21-22-20-16)11-12-7-3-2-4-8-12/h2-10,13H,11H2,1H3,(H,18,23)(H,19,20,21,22). The highest BCUT2D eigenvalue weighted by Gasteiger charge is 2.26. The van der Waals surface area contributed by atoms with Crippen LogP contribution < -0.4 is 10.1 Å². The van der Waals surface area contributed by atoms with Crippen molar-refractivity contribution >= 4 is 11.6 Å². The van der Waals surface area contributed by atoms with Gasteiger partial charge in [0, 0.05) is 0 Å². The third-order valence-electron chi connectivity index (χ3n) is 3.64. The average molecular weight is 323 g/mol. The van der Waals surface area contributed by atoms with Gasteiger partial charge in [0.15, 0.2) is 5.82 Å². The highest BCUT2D eigenvalue weighted by Crippen LogP contribution is 2.26. The summed E-state index contributed by atoms with van der Waals surface area (Å²) in [6, 6.07) is 17.0. The molecule has 0 radical (unpaired) electrons. The van der Waals surface area contributed by atoms with E-state index in [0.717, 1.165) is 5.56 Å². The Morgan fingerprint density at radius 3 is 2.62 bits per heavy atom. The summed E-state index contributed by atoms with van der Waals surface area (Å²) in [7, 11) is 1.56. The Morgan fingerprint density at radius 1 is 1.17 bits per heavy atom. The molecule has 2 N–H and O–H groups in total. The van der Waals surface area contributed by atoms with E-state index in [1.807, 2.05) is 42.5 Å². The molecule has 0 aliphatic heterocycles. The molecule has 7 nitrogen and oxygen atoms in total. The van der Waals surface area contributed by atoms with Gasteiger partial charge in [0.05, 0.1) is 12.8 Å². The Kier molecular flexibility index (Phi) is 4.81. The molecular formula is C17H17N5O2. The monoisotopic (exact) mass is 323 g/mol. The number of benzene rings is 2. The zero-order valence-corrected chi connectivity index (χ0v) is 13.1. The molecule has 1 heterocycles. The summed E-state index contributed by atoms with van der Waals surface area (Å²) >= 11 is 0. The van der Waals surface area contributed by atoms with Crippen LogP contribution in [0.5, 0.6) is 5.75 Å². The molecule has 0 bridgehead atoms. The lowest BCUT2D eigenvalue weighted by molar-refractivity contribution is -0.117. The Bertz CT molecular complexity index is 790. The highest BCUT2D eigenvalue weighted by atomic mass is 16.5. The fraction of sp³-hybridized carbons (Fsp3) is 0.176. The van der Waals surface area contributed by atoms with Crippen molar-refractivity contribution in [2.45, 2.75) is 12.3 Å². The van der Waals surface area contributed by atoms with Crippen LogP contribution in [0.25, 0.3) is 0 Å². The SMILES string of the molecule is COc1ccccc1NC(=O)C(Cc1ccccc1)c1nn[nH]n1. The van der Waals surface area contributed by atoms with Crippen molar-refractivity contribution in [3.05, 3.63) is 66.0 Å². The molecular weight excluding hydrogens is 306 g/mol. The van der Waals surface area contributed by atoms with E-state index < -0.39 is 5.92 Å². The van der Waals surface area contributed by atoms with E-state index in [0.29, 0.717) is 23.7 Å². The zero-order chi connectivity index (χ0) is 16.8. The first kappa shape index (κ1) is 15.7. The molecule has 1 aromatic heterocycles. The van der Waals surface area contributed by atoms with Crippen LogP contribution in [0.4, 0.5) is 5.69 Å². The minimum atomic E-state index is -0.559. The van der Waals surface area contributed by atoms with Crippen molar-refractivity contribution in [2.75, 3.05) is 12.4 Å². The van der Waals surface area contributed by atoms with Crippen LogP contribution in [0.15, 0.2) is 54.6 Å². The van der Waals surface area contributed by atoms with Gasteiger partial charge in [-0.05, 0) is 24.1 Å². The van der Waals surface area contributed by atoms with E-state index in [1.165, 1.54) is 0 Å². The van der Waals surface area contributed by atoms with Crippen LogP contribution in [0.1, 0.15) is 17.3 Å². The van der Waals surface area contributed by atoms with Crippen molar-refractivity contribution < 1.29 is 9.53 Å². The Balaban J connectivity index is 1.84. The molecule has 1 atom stereocenters. The lowest BCUT2D eigenvalue weighted by Gasteiger charge is -2.15. The van der Waals surface area contributed by atoms with Gasteiger partial charge in [-0.2, -0.15) is 5.21 Å². The molecule has 0 spiro atoms. The van der Waals surface area contributed by atoms with Gasteiger partial charge < -0.3 is 10.1 Å². The number of hydrogen-bond acceptors (Lipinski definition) is 5. The third-order valence-corrected chi connectivity index (χ3v) is 3.64. The number of H-pyrrole nitrogens is 1. The van der Waals surface area contributed by atoms with Crippen LogP contribution >= 0.6 is 0 Å². The number of aromatic nitrogens is 4. The summed E-state index contributed by atoms with van der Waals surface area (Å²) < 4.78 is 5.27. The number of ether oxygens (including phenoxy) is 1. The fourth-order valence-electron chi connectivity index (χ4n) is 2.44. The molecule has 3 rings (SSSR count). The topological polar surface area (TPSA) is 92.8 Å². The second kappa shape index (κ2) is 7.36. The normalized spacial score (nSPS) is 11.7. The smallest absolute Gasteiger partial charge is 0.235 e. The molecule has 3 aromatic rings. The summed E-state index contributed by atoms with van der Waals surface area (Å²) in [5.74, 6) is 0.171. The molecule has 0 saturated heterocycles. The van der Waals surface area contributed by atoms with E-state index in [2.05, 4.69) is 25.9 Å². The van der Waals surface area contributed by atoms with Gasteiger partial charge in [0.2, 0.25) is 5.91 Å². The summed E-state index contributed by atoms with van der Waals surface area (Å²) in [6.45, 7) is 0. The van der Waals surface area contributed by atoms with Crippen molar-refractivity contribution in [1.82, 2.24) is 20.6 Å². The second-order valence-corrected chi connectivity index (χ2v) is 5.20. The van der Waals surface area contributed by atoms with Gasteiger partial charge in [0.1, 0.15) is 11.7 Å². The van der Waals surface area contributed by atoms with Crippen LogP contribution in [-0.4, -0.2) is 33.6 Å². The number of hydrogen-bond donors (Lipinski definition) is 2. The maximum Gasteiger partial charge on any atom is 0.235 e. The number of methoxy groups -OCH3 is 1. The van der Waals surface area contributed by atoms with Crippen LogP contribution in [0.3, 0.4) is 0 Å². The summed E-state index contributed by atoms with van der Waals surface area (Å²) in [5, 5.41) is 16.8. The predicted molar refractivity (Wildman–Crippen MR) is 88.7 cm³/mol. The molecule has 0 fully saturated rings. The quantitative estimate of drug-likeness (QED) is 0.725. The number of anilines is 1. The minimum Gasteiger partial charge on any atom is -0.495 e. The molecule has 7 heteroatoms. The van der Waals surface area contributed by atoms with Gasteiger partial charge in [-0.3, -0.25) is 4.79 Å². The van der Waals surface area contributed by atoms with E-state index >= 15 is 0 Å². The molecule has 1 amide bonds. The molecule has 24 heavy (non-hydrogen) atoms. The molecule has 2 aromatic carbocycles. The number of carbonyl (C=O) groups excluding carboxylic acids is 1. The number of para-hydroxylation sites is 2.